The smallest absolute Gasteiger partial charge is 0.316 e. The van der Waals surface area contributed by atoms with Gasteiger partial charge in [-0.2, -0.15) is 0 Å². The van der Waals surface area contributed by atoms with Crippen LogP contribution in [0, 0.1) is 15.9 Å². The number of rotatable bonds is 3. The Morgan fingerprint density at radius 1 is 1.16 bits per heavy atom. The molecule has 0 unspecified atom stereocenters. The Hall–Kier alpha value is -2.51. The van der Waals surface area contributed by atoms with Crippen LogP contribution in [0.1, 0.15) is 6.42 Å². The standard InChI is InChI=1S/C6H4FNO2.C5H8O4/c7-5-1-3-6(4-2-5)8(9)10;1-8-4(6)3-5(7)9-2/h1-4H;3H2,1-2H3. The molecule has 1 aromatic rings. The number of non-ortho nitro benzene ring substituents is 1. The summed E-state index contributed by atoms with van der Waals surface area (Å²) in [4.78, 5) is 29.9. The summed E-state index contributed by atoms with van der Waals surface area (Å²) < 4.78 is 20.5. The number of ether oxygens (including phenoxy) is 2. The third-order valence-electron chi connectivity index (χ3n) is 1.78. The average Bonchev–Trinajstić information content (AvgIpc) is 2.39. The monoisotopic (exact) mass is 273 g/mol. The van der Waals surface area contributed by atoms with Crippen molar-refractivity contribution < 1.29 is 28.4 Å². The number of benzene rings is 1. The van der Waals surface area contributed by atoms with E-state index in [0.717, 1.165) is 24.3 Å². The van der Waals surface area contributed by atoms with Crippen molar-refractivity contribution in [2.75, 3.05) is 14.2 Å². The summed E-state index contributed by atoms with van der Waals surface area (Å²) in [6.45, 7) is 0. The van der Waals surface area contributed by atoms with E-state index in [4.69, 9.17) is 0 Å². The molecule has 0 atom stereocenters. The van der Waals surface area contributed by atoms with Gasteiger partial charge in [-0.1, -0.05) is 0 Å². The van der Waals surface area contributed by atoms with Gasteiger partial charge in [-0.25, -0.2) is 4.39 Å². The number of nitrogens with zero attached hydrogens (tertiary/aromatic N) is 1. The molecular weight excluding hydrogens is 261 g/mol. The molecule has 8 heteroatoms. The number of nitro groups is 1. The highest BCUT2D eigenvalue weighted by atomic mass is 19.1. The SMILES string of the molecule is COC(=O)CC(=O)OC.O=[N+]([O-])c1ccc(F)cc1. The third-order valence-corrected chi connectivity index (χ3v) is 1.78. The number of carbonyl (C=O) groups excluding carboxylic acids is 2. The Morgan fingerprint density at radius 2 is 1.58 bits per heavy atom. The normalized spacial score (nSPS) is 8.79. The van der Waals surface area contributed by atoms with Crippen molar-refractivity contribution in [3.8, 4) is 0 Å². The maximum absolute atomic E-state index is 12.1. The van der Waals surface area contributed by atoms with Crippen LogP contribution in [-0.2, 0) is 19.1 Å². The van der Waals surface area contributed by atoms with Crippen LogP contribution in [0.3, 0.4) is 0 Å². The Balaban J connectivity index is 0.000000344. The lowest BCUT2D eigenvalue weighted by Gasteiger charge is -1.95. The van der Waals surface area contributed by atoms with Crippen molar-refractivity contribution >= 4 is 17.6 Å². The summed E-state index contributed by atoms with van der Waals surface area (Å²) >= 11 is 0. The molecule has 0 aliphatic heterocycles. The van der Waals surface area contributed by atoms with E-state index in [1.54, 1.807) is 0 Å². The second-order valence-electron chi connectivity index (χ2n) is 3.06. The molecule has 0 aliphatic carbocycles. The van der Waals surface area contributed by atoms with Crippen molar-refractivity contribution in [3.63, 3.8) is 0 Å². The van der Waals surface area contributed by atoms with Gasteiger partial charge in [0.05, 0.1) is 19.1 Å². The highest BCUT2D eigenvalue weighted by Gasteiger charge is 2.07. The molecule has 0 fully saturated rings. The van der Waals surface area contributed by atoms with Crippen molar-refractivity contribution in [3.05, 3.63) is 40.2 Å². The van der Waals surface area contributed by atoms with E-state index in [1.807, 2.05) is 0 Å². The van der Waals surface area contributed by atoms with Crippen molar-refractivity contribution in [2.45, 2.75) is 6.42 Å². The molecule has 7 nitrogen and oxygen atoms in total. The Bertz CT molecular complexity index is 431. The molecule has 104 valence electrons. The number of carbonyl (C=O) groups is 2. The quantitative estimate of drug-likeness (QED) is 0.358. The largest absolute Gasteiger partial charge is 0.469 e. The first kappa shape index (κ1) is 16.5. The lowest BCUT2D eigenvalue weighted by Crippen LogP contribution is -2.09. The predicted molar refractivity (Wildman–Crippen MR) is 61.7 cm³/mol. The van der Waals surface area contributed by atoms with Crippen molar-refractivity contribution in [1.29, 1.82) is 0 Å². The second-order valence-corrected chi connectivity index (χ2v) is 3.06. The first-order valence-corrected chi connectivity index (χ1v) is 4.94. The number of esters is 2. The van der Waals surface area contributed by atoms with E-state index in [9.17, 15) is 24.1 Å². The van der Waals surface area contributed by atoms with Crippen LogP contribution < -0.4 is 0 Å². The van der Waals surface area contributed by atoms with Gasteiger partial charge in [-0.05, 0) is 12.1 Å². The molecule has 0 amide bonds. The minimum atomic E-state index is -0.582. The molecular formula is C11H12FNO6. The molecule has 0 N–H and O–H groups in total. The molecule has 0 heterocycles. The maximum atomic E-state index is 12.1. The van der Waals surface area contributed by atoms with Gasteiger partial charge in [0, 0.05) is 12.1 Å². The number of methoxy groups -OCH3 is 2. The molecule has 0 saturated carbocycles. The van der Waals surface area contributed by atoms with E-state index in [0.29, 0.717) is 0 Å². The number of nitro benzene ring substituents is 1. The molecule has 1 rings (SSSR count). The van der Waals surface area contributed by atoms with Gasteiger partial charge in [0.15, 0.2) is 0 Å². The molecule has 0 radical (unpaired) electrons. The van der Waals surface area contributed by atoms with Crippen LogP contribution in [0.15, 0.2) is 24.3 Å². The van der Waals surface area contributed by atoms with E-state index in [-0.39, 0.29) is 12.1 Å². The third kappa shape index (κ3) is 7.42. The number of halogens is 1. The zero-order valence-electron chi connectivity index (χ0n) is 10.3. The number of hydrogen-bond donors (Lipinski definition) is 0. The minimum absolute atomic E-state index is 0.0959. The molecule has 0 aliphatic rings. The summed E-state index contributed by atoms with van der Waals surface area (Å²) in [5.41, 5.74) is -0.0959. The van der Waals surface area contributed by atoms with Crippen LogP contribution in [0.5, 0.6) is 0 Å². The van der Waals surface area contributed by atoms with Gasteiger partial charge in [-0.3, -0.25) is 19.7 Å². The Labute approximate surface area is 108 Å². The average molecular weight is 273 g/mol. The van der Waals surface area contributed by atoms with Gasteiger partial charge < -0.3 is 9.47 Å². The highest BCUT2D eigenvalue weighted by molar-refractivity contribution is 5.90. The van der Waals surface area contributed by atoms with Gasteiger partial charge in [0.25, 0.3) is 5.69 Å². The lowest BCUT2D eigenvalue weighted by atomic mass is 10.3. The first-order chi connectivity index (χ1) is 8.90. The van der Waals surface area contributed by atoms with E-state index in [2.05, 4.69) is 9.47 Å². The maximum Gasteiger partial charge on any atom is 0.316 e. The summed E-state index contributed by atoms with van der Waals surface area (Å²) in [5.74, 6) is -1.63. The van der Waals surface area contributed by atoms with Crippen LogP contribution in [0.2, 0.25) is 0 Å². The van der Waals surface area contributed by atoms with Crippen LogP contribution >= 0.6 is 0 Å². The van der Waals surface area contributed by atoms with Crippen molar-refractivity contribution in [1.82, 2.24) is 0 Å². The zero-order valence-corrected chi connectivity index (χ0v) is 10.3. The fourth-order valence-corrected chi connectivity index (χ4v) is 0.825. The fraction of sp³-hybridized carbons (Fsp3) is 0.273. The molecule has 0 bridgehead atoms. The molecule has 0 spiro atoms. The molecule has 19 heavy (non-hydrogen) atoms. The van der Waals surface area contributed by atoms with Gasteiger partial charge in [0.2, 0.25) is 0 Å². The van der Waals surface area contributed by atoms with E-state index >= 15 is 0 Å². The fourth-order valence-electron chi connectivity index (χ4n) is 0.825. The second kappa shape index (κ2) is 8.56. The van der Waals surface area contributed by atoms with Gasteiger partial charge >= 0.3 is 11.9 Å². The summed E-state index contributed by atoms with van der Waals surface area (Å²) in [6.07, 6.45) is -0.312. The number of hydrogen-bond acceptors (Lipinski definition) is 6. The lowest BCUT2D eigenvalue weighted by molar-refractivity contribution is -0.384. The van der Waals surface area contributed by atoms with E-state index in [1.165, 1.54) is 14.2 Å². The summed E-state index contributed by atoms with van der Waals surface area (Å²) in [6, 6.07) is 4.35. The summed E-state index contributed by atoms with van der Waals surface area (Å²) in [7, 11) is 2.43. The predicted octanol–water partition coefficient (Wildman–Crippen LogP) is 1.46. The molecule has 0 saturated heterocycles. The van der Waals surface area contributed by atoms with Gasteiger partial charge in [-0.15, -0.1) is 0 Å². The Kier molecular flexibility index (Phi) is 7.43. The van der Waals surface area contributed by atoms with Crippen LogP contribution in [0.25, 0.3) is 0 Å². The summed E-state index contributed by atoms with van der Waals surface area (Å²) in [5, 5.41) is 10.00. The topological polar surface area (TPSA) is 95.7 Å². The molecule has 0 aromatic heterocycles. The van der Waals surface area contributed by atoms with Crippen LogP contribution in [0.4, 0.5) is 10.1 Å². The van der Waals surface area contributed by atoms with E-state index < -0.39 is 22.7 Å². The highest BCUT2D eigenvalue weighted by Crippen LogP contribution is 2.09. The first-order valence-electron chi connectivity index (χ1n) is 4.94. The zero-order chi connectivity index (χ0) is 14.8. The minimum Gasteiger partial charge on any atom is -0.469 e. The van der Waals surface area contributed by atoms with Gasteiger partial charge in [0.1, 0.15) is 12.2 Å². The Morgan fingerprint density at radius 3 is 1.89 bits per heavy atom. The van der Waals surface area contributed by atoms with Crippen molar-refractivity contribution in [2.24, 2.45) is 0 Å². The van der Waals surface area contributed by atoms with Crippen LogP contribution in [-0.4, -0.2) is 31.1 Å². The molecule has 1 aromatic carbocycles.